The monoisotopic (exact) mass is 497 g/mol. The maximum absolute atomic E-state index is 2.59. The van der Waals surface area contributed by atoms with E-state index in [-0.39, 0.29) is 12.0 Å². The molecule has 0 saturated heterocycles. The number of nitrogens with zero attached hydrogens (tertiary/aromatic N) is 1. The van der Waals surface area contributed by atoms with Crippen LogP contribution in [0.2, 0.25) is 0 Å². The molecule has 39 heavy (non-hydrogen) atoms. The van der Waals surface area contributed by atoms with Crippen molar-refractivity contribution in [2.75, 3.05) is 4.90 Å². The van der Waals surface area contributed by atoms with E-state index < -0.39 is 0 Å². The molecule has 1 nitrogen and oxygen atoms in total. The number of fused-ring (bicyclic) bond motifs is 5. The van der Waals surface area contributed by atoms with E-state index in [1.54, 1.807) is 0 Å². The van der Waals surface area contributed by atoms with Gasteiger partial charge in [-0.05, 0) is 68.3 Å². The minimum atomic E-state index is 0.129. The minimum absolute atomic E-state index is 0.129. The quantitative estimate of drug-likeness (QED) is 0.235. The normalized spacial score (nSPS) is 16.7. The highest BCUT2D eigenvalue weighted by Gasteiger charge is 2.44. The Hall–Kier alpha value is -4.88. The molecule has 0 aromatic heterocycles. The molecule has 0 fully saturated rings. The highest BCUT2D eigenvalue weighted by atomic mass is 15.2. The molecule has 0 radical (unpaired) electrons. The second kappa shape index (κ2) is 8.85. The Morgan fingerprint density at radius 2 is 1.03 bits per heavy atom. The Morgan fingerprint density at radius 1 is 0.436 bits per heavy atom. The standard InChI is InChI=1S/C38H27N/c1-3-13-26(14-4-1)28-17-11-18-29(25-28)39-35-24-12-23-33-31-20-8-7-19-30(31)32-21-9-10-22-34(32)37(36(33)35)38(39)27-15-5-2-6-16-27/h1-25,37-38H. The Kier molecular flexibility index (Phi) is 5.03. The molecule has 0 amide bonds. The second-order valence-corrected chi connectivity index (χ2v) is 10.5. The Bertz CT molecular complexity index is 1820. The van der Waals surface area contributed by atoms with Gasteiger partial charge in [0.2, 0.25) is 0 Å². The maximum Gasteiger partial charge on any atom is 0.0702 e. The number of benzene rings is 6. The summed E-state index contributed by atoms with van der Waals surface area (Å²) in [6.07, 6.45) is 0. The van der Waals surface area contributed by atoms with Gasteiger partial charge in [0, 0.05) is 17.3 Å². The third-order valence-corrected chi connectivity index (χ3v) is 8.42. The topological polar surface area (TPSA) is 3.24 Å². The van der Waals surface area contributed by atoms with Gasteiger partial charge in [-0.1, -0.05) is 133 Å². The third kappa shape index (κ3) is 3.40. The van der Waals surface area contributed by atoms with Crippen LogP contribution in [-0.4, -0.2) is 0 Å². The molecular weight excluding hydrogens is 470 g/mol. The fourth-order valence-electron chi connectivity index (χ4n) is 6.83. The molecule has 1 aliphatic carbocycles. The average Bonchev–Trinajstić information content (AvgIpc) is 3.31. The average molecular weight is 498 g/mol. The van der Waals surface area contributed by atoms with Crippen molar-refractivity contribution in [1.82, 2.24) is 0 Å². The van der Waals surface area contributed by atoms with Crippen molar-refractivity contribution < 1.29 is 0 Å². The minimum Gasteiger partial charge on any atom is -0.333 e. The lowest BCUT2D eigenvalue weighted by molar-refractivity contribution is 0.660. The lowest BCUT2D eigenvalue weighted by atomic mass is 9.82. The van der Waals surface area contributed by atoms with E-state index in [2.05, 4.69) is 157 Å². The smallest absolute Gasteiger partial charge is 0.0702 e. The molecule has 2 unspecified atom stereocenters. The van der Waals surface area contributed by atoms with E-state index in [9.17, 15) is 0 Å². The lowest BCUT2D eigenvalue weighted by Gasteiger charge is -2.32. The van der Waals surface area contributed by atoms with Crippen molar-refractivity contribution in [1.29, 1.82) is 0 Å². The fourth-order valence-corrected chi connectivity index (χ4v) is 6.83. The first kappa shape index (κ1) is 22.1. The van der Waals surface area contributed by atoms with Crippen molar-refractivity contribution in [3.8, 4) is 33.4 Å². The van der Waals surface area contributed by atoms with Crippen LogP contribution in [0.5, 0.6) is 0 Å². The van der Waals surface area contributed by atoms with Crippen molar-refractivity contribution in [3.63, 3.8) is 0 Å². The zero-order valence-electron chi connectivity index (χ0n) is 21.5. The Morgan fingerprint density at radius 3 is 1.82 bits per heavy atom. The van der Waals surface area contributed by atoms with Crippen LogP contribution >= 0.6 is 0 Å². The highest BCUT2D eigenvalue weighted by molar-refractivity contribution is 5.94. The van der Waals surface area contributed by atoms with E-state index in [4.69, 9.17) is 0 Å². The Balaban J connectivity index is 1.44. The fraction of sp³-hybridized carbons (Fsp3) is 0.0526. The highest BCUT2D eigenvalue weighted by Crippen LogP contribution is 2.61. The molecule has 1 heteroatoms. The summed E-state index contributed by atoms with van der Waals surface area (Å²) in [4.78, 5) is 2.59. The largest absolute Gasteiger partial charge is 0.333 e. The molecule has 0 spiro atoms. The van der Waals surface area contributed by atoms with E-state index in [0.29, 0.717) is 0 Å². The summed E-state index contributed by atoms with van der Waals surface area (Å²) < 4.78 is 0. The molecule has 0 N–H and O–H groups in total. The van der Waals surface area contributed by atoms with Crippen LogP contribution in [0.4, 0.5) is 11.4 Å². The summed E-state index contributed by atoms with van der Waals surface area (Å²) >= 11 is 0. The molecular formula is C38H27N. The predicted molar refractivity (Wildman–Crippen MR) is 162 cm³/mol. The van der Waals surface area contributed by atoms with Crippen LogP contribution in [0.25, 0.3) is 33.4 Å². The van der Waals surface area contributed by atoms with Crippen LogP contribution in [0.1, 0.15) is 28.7 Å². The van der Waals surface area contributed by atoms with Gasteiger partial charge in [0.05, 0.1) is 6.04 Å². The van der Waals surface area contributed by atoms with E-state index in [1.807, 2.05) is 0 Å². The molecule has 1 heterocycles. The molecule has 0 saturated carbocycles. The van der Waals surface area contributed by atoms with Crippen LogP contribution in [0.15, 0.2) is 152 Å². The van der Waals surface area contributed by atoms with Crippen LogP contribution in [0, 0.1) is 0 Å². The number of hydrogen-bond donors (Lipinski definition) is 0. The van der Waals surface area contributed by atoms with Gasteiger partial charge in [0.25, 0.3) is 0 Å². The Labute approximate surface area is 229 Å². The number of hydrogen-bond acceptors (Lipinski definition) is 1. The van der Waals surface area contributed by atoms with Crippen LogP contribution in [-0.2, 0) is 0 Å². The molecule has 2 aliphatic rings. The summed E-state index contributed by atoms with van der Waals surface area (Å²) in [7, 11) is 0. The maximum atomic E-state index is 2.59. The van der Waals surface area contributed by atoms with Crippen molar-refractivity contribution in [2.45, 2.75) is 12.0 Å². The van der Waals surface area contributed by atoms with Crippen LogP contribution < -0.4 is 4.90 Å². The number of anilines is 2. The van der Waals surface area contributed by atoms with Crippen molar-refractivity contribution >= 4 is 11.4 Å². The van der Waals surface area contributed by atoms with Gasteiger partial charge in [-0.15, -0.1) is 0 Å². The van der Waals surface area contributed by atoms with Gasteiger partial charge in [-0.3, -0.25) is 0 Å². The van der Waals surface area contributed by atoms with E-state index in [0.717, 1.165) is 0 Å². The second-order valence-electron chi connectivity index (χ2n) is 10.5. The first-order valence-corrected chi connectivity index (χ1v) is 13.7. The van der Waals surface area contributed by atoms with Gasteiger partial charge in [-0.25, -0.2) is 0 Å². The van der Waals surface area contributed by atoms with Gasteiger partial charge < -0.3 is 4.90 Å². The molecule has 8 rings (SSSR count). The summed E-state index contributed by atoms with van der Waals surface area (Å²) in [5.74, 6) is 0.197. The van der Waals surface area contributed by atoms with E-state index in [1.165, 1.54) is 61.4 Å². The third-order valence-electron chi connectivity index (χ3n) is 8.42. The summed E-state index contributed by atoms with van der Waals surface area (Å²) in [6, 6.07) is 55.8. The molecule has 6 aromatic carbocycles. The lowest BCUT2D eigenvalue weighted by Crippen LogP contribution is -2.23. The van der Waals surface area contributed by atoms with Gasteiger partial charge in [0.15, 0.2) is 0 Å². The summed E-state index contributed by atoms with van der Waals surface area (Å²) in [6.45, 7) is 0. The first-order chi connectivity index (χ1) is 19.4. The van der Waals surface area contributed by atoms with Crippen LogP contribution in [0.3, 0.4) is 0 Å². The molecule has 1 aliphatic heterocycles. The molecule has 184 valence electrons. The zero-order valence-corrected chi connectivity index (χ0v) is 21.5. The van der Waals surface area contributed by atoms with Gasteiger partial charge >= 0.3 is 0 Å². The summed E-state index contributed by atoms with van der Waals surface area (Å²) in [5, 5.41) is 0. The summed E-state index contributed by atoms with van der Waals surface area (Å²) in [5.41, 5.74) is 14.4. The SMILES string of the molecule is c1ccc(-c2cccc(N3c4cccc5c4C(c4ccccc4-c4ccccc4-5)C3c3ccccc3)c2)cc1. The van der Waals surface area contributed by atoms with Gasteiger partial charge in [0.1, 0.15) is 0 Å². The molecule has 6 aromatic rings. The molecule has 2 atom stereocenters. The van der Waals surface area contributed by atoms with Gasteiger partial charge in [-0.2, -0.15) is 0 Å². The number of rotatable bonds is 3. The van der Waals surface area contributed by atoms with Crippen molar-refractivity contribution in [3.05, 3.63) is 168 Å². The predicted octanol–water partition coefficient (Wildman–Crippen LogP) is 10.0. The van der Waals surface area contributed by atoms with E-state index >= 15 is 0 Å². The zero-order chi connectivity index (χ0) is 25.8. The first-order valence-electron chi connectivity index (χ1n) is 13.7. The van der Waals surface area contributed by atoms with Crippen molar-refractivity contribution in [2.24, 2.45) is 0 Å². The molecule has 0 bridgehead atoms.